The van der Waals surface area contributed by atoms with Crippen molar-refractivity contribution in [3.63, 3.8) is 0 Å². The highest BCUT2D eigenvalue weighted by atomic mass is 127. The minimum absolute atomic E-state index is 0.125. The topological polar surface area (TPSA) is 78.0 Å². The molecule has 4 amide bonds. The van der Waals surface area contributed by atoms with E-state index in [0.29, 0.717) is 35.3 Å². The Morgan fingerprint density at radius 1 is 0.528 bits per heavy atom. The molecule has 4 aromatic carbocycles. The lowest BCUT2D eigenvalue weighted by atomic mass is 9.70. The molecule has 7 nitrogen and oxygen atoms in total. The molecular weight excluding hydrogens is 773 g/mol. The number of fused-ring (bicyclic) bond motifs is 5. The number of unbranched alkanes of at least 4 members (excludes halogenated alkanes) is 6. The summed E-state index contributed by atoms with van der Waals surface area (Å²) in [6, 6.07) is 27.5. The van der Waals surface area contributed by atoms with Gasteiger partial charge in [-0.15, -0.1) is 0 Å². The molecule has 0 aromatic heterocycles. The van der Waals surface area contributed by atoms with Gasteiger partial charge in [0.25, 0.3) is 23.6 Å². The van der Waals surface area contributed by atoms with Crippen LogP contribution in [0.5, 0.6) is 0 Å². The average Bonchev–Trinajstić information content (AvgIpc) is 3.69. The van der Waals surface area contributed by atoms with Crippen LogP contribution in [0.2, 0.25) is 0 Å². The molecule has 0 spiro atoms. The fourth-order valence-corrected chi connectivity index (χ4v) is 9.21. The third-order valence-electron chi connectivity index (χ3n) is 11.5. The van der Waals surface area contributed by atoms with Crippen LogP contribution in [0.25, 0.3) is 11.1 Å². The van der Waals surface area contributed by atoms with Gasteiger partial charge in [-0.05, 0) is 106 Å². The number of rotatable bonds is 17. The Balaban J connectivity index is 1.24. The third kappa shape index (κ3) is 6.95. The molecular formula is C45H48IN3O4. The summed E-state index contributed by atoms with van der Waals surface area (Å²) in [7, 11) is 0. The summed E-state index contributed by atoms with van der Waals surface area (Å²) in [6.07, 6.45) is 11.7. The highest BCUT2D eigenvalue weighted by Crippen LogP contribution is 2.55. The molecule has 2 aliphatic heterocycles. The molecule has 0 saturated carbocycles. The summed E-state index contributed by atoms with van der Waals surface area (Å²) < 4.78 is 1.24. The van der Waals surface area contributed by atoms with Crippen molar-refractivity contribution in [1.82, 2.24) is 9.80 Å². The number of hydrogen-bond acceptors (Lipinski definition) is 5. The lowest BCUT2D eigenvalue weighted by Gasteiger charge is -2.34. The van der Waals surface area contributed by atoms with E-state index in [1.165, 1.54) is 74.1 Å². The number of hydrogen-bond donors (Lipinski definition) is 0. The van der Waals surface area contributed by atoms with Gasteiger partial charge in [0.2, 0.25) is 0 Å². The largest absolute Gasteiger partial charge is 0.368 e. The van der Waals surface area contributed by atoms with E-state index >= 15 is 0 Å². The van der Waals surface area contributed by atoms with E-state index in [9.17, 15) is 19.2 Å². The maximum Gasteiger partial charge on any atom is 0.261 e. The standard InChI is InChI=1S/C45H48IN3O4/c1-3-5-7-13-23-45(24-14-8-6-4-2)39-29-31(46)19-21-33(39)34-22-20-32(30-40(34)45)47(25-27-48-41(50)35-15-9-10-16-36(35)42(48)51)26-28-49-43(52)37-17-11-12-18-38(37)44(49)53/h9-12,15-22,29-30H,3-8,13-14,23-28H2,1-2H3. The molecule has 0 N–H and O–H groups in total. The summed E-state index contributed by atoms with van der Waals surface area (Å²) in [5.41, 5.74) is 7.89. The number of imide groups is 2. The first-order valence-electron chi connectivity index (χ1n) is 19.4. The molecule has 1 aliphatic carbocycles. The van der Waals surface area contributed by atoms with Crippen molar-refractivity contribution in [2.24, 2.45) is 0 Å². The van der Waals surface area contributed by atoms with E-state index in [2.05, 4.69) is 77.7 Å². The van der Waals surface area contributed by atoms with Gasteiger partial charge in [-0.1, -0.05) is 102 Å². The van der Waals surface area contributed by atoms with Crippen molar-refractivity contribution < 1.29 is 19.2 Å². The van der Waals surface area contributed by atoms with Crippen LogP contribution in [0, 0.1) is 3.57 Å². The number of carbonyl (C=O) groups is 4. The summed E-state index contributed by atoms with van der Waals surface area (Å²) >= 11 is 2.45. The molecule has 274 valence electrons. The fraction of sp³-hybridized carbons (Fsp3) is 0.378. The minimum atomic E-state index is -0.289. The average molecular weight is 822 g/mol. The van der Waals surface area contributed by atoms with Gasteiger partial charge in [-0.2, -0.15) is 0 Å². The van der Waals surface area contributed by atoms with Gasteiger partial charge < -0.3 is 4.90 Å². The van der Waals surface area contributed by atoms with E-state index in [1.807, 2.05) is 0 Å². The Hall–Kier alpha value is -4.31. The van der Waals surface area contributed by atoms with Crippen molar-refractivity contribution >= 4 is 51.9 Å². The lowest BCUT2D eigenvalue weighted by molar-refractivity contribution is 0.0650. The van der Waals surface area contributed by atoms with Crippen LogP contribution in [0.3, 0.4) is 0 Å². The highest BCUT2D eigenvalue weighted by molar-refractivity contribution is 14.1. The molecule has 0 unspecified atom stereocenters. The molecule has 0 bridgehead atoms. The molecule has 2 heterocycles. The molecule has 4 aromatic rings. The molecule has 0 atom stereocenters. The number of amides is 4. The van der Waals surface area contributed by atoms with Gasteiger partial charge in [0.15, 0.2) is 0 Å². The second kappa shape index (κ2) is 16.0. The summed E-state index contributed by atoms with van der Waals surface area (Å²) in [5, 5.41) is 0. The van der Waals surface area contributed by atoms with Crippen LogP contribution in [0.1, 0.15) is 131 Å². The highest BCUT2D eigenvalue weighted by Gasteiger charge is 2.43. The zero-order valence-corrected chi connectivity index (χ0v) is 33.0. The van der Waals surface area contributed by atoms with Crippen LogP contribution in [0.15, 0.2) is 84.9 Å². The van der Waals surface area contributed by atoms with Crippen molar-refractivity contribution in [1.29, 1.82) is 0 Å². The van der Waals surface area contributed by atoms with E-state index < -0.39 is 0 Å². The van der Waals surface area contributed by atoms with E-state index in [0.717, 1.165) is 31.4 Å². The van der Waals surface area contributed by atoms with Crippen LogP contribution < -0.4 is 4.90 Å². The molecule has 8 heteroatoms. The second-order valence-corrected chi connectivity index (χ2v) is 16.0. The van der Waals surface area contributed by atoms with Crippen molar-refractivity contribution in [3.8, 4) is 11.1 Å². The summed E-state index contributed by atoms with van der Waals surface area (Å²) in [6.45, 7) is 5.60. The first-order valence-corrected chi connectivity index (χ1v) is 20.5. The predicted molar refractivity (Wildman–Crippen MR) is 219 cm³/mol. The maximum atomic E-state index is 13.4. The van der Waals surface area contributed by atoms with E-state index in [4.69, 9.17) is 0 Å². The number of benzene rings is 4. The Labute approximate surface area is 326 Å². The Bertz CT molecular complexity index is 1900. The smallest absolute Gasteiger partial charge is 0.261 e. The molecule has 0 fully saturated rings. The number of halogens is 1. The fourth-order valence-electron chi connectivity index (χ4n) is 8.72. The van der Waals surface area contributed by atoms with Gasteiger partial charge in [0.05, 0.1) is 22.3 Å². The lowest BCUT2D eigenvalue weighted by Crippen LogP contribution is -2.43. The van der Waals surface area contributed by atoms with Crippen molar-refractivity contribution in [2.45, 2.75) is 83.5 Å². The minimum Gasteiger partial charge on any atom is -0.368 e. The maximum absolute atomic E-state index is 13.4. The van der Waals surface area contributed by atoms with Gasteiger partial charge >= 0.3 is 0 Å². The van der Waals surface area contributed by atoms with Crippen LogP contribution in [-0.2, 0) is 5.41 Å². The molecule has 7 rings (SSSR count). The third-order valence-corrected chi connectivity index (χ3v) is 12.2. The quantitative estimate of drug-likeness (QED) is 0.0603. The Morgan fingerprint density at radius 3 is 1.42 bits per heavy atom. The molecule has 0 radical (unpaired) electrons. The zero-order chi connectivity index (χ0) is 37.1. The summed E-state index contributed by atoms with van der Waals surface area (Å²) in [5.74, 6) is -1.16. The normalized spacial score (nSPS) is 15.2. The first-order chi connectivity index (χ1) is 25.8. The number of anilines is 1. The second-order valence-electron chi connectivity index (χ2n) is 14.7. The summed E-state index contributed by atoms with van der Waals surface area (Å²) in [4.78, 5) is 58.4. The van der Waals surface area contributed by atoms with Crippen LogP contribution >= 0.6 is 22.6 Å². The first kappa shape index (κ1) is 37.0. The predicted octanol–water partition coefficient (Wildman–Crippen LogP) is 9.90. The van der Waals surface area contributed by atoms with Crippen LogP contribution in [0.4, 0.5) is 5.69 Å². The Kier molecular flexibility index (Phi) is 11.2. The van der Waals surface area contributed by atoms with Gasteiger partial charge in [0.1, 0.15) is 0 Å². The van der Waals surface area contributed by atoms with Crippen molar-refractivity contribution in [3.05, 3.63) is 122 Å². The molecule has 53 heavy (non-hydrogen) atoms. The zero-order valence-electron chi connectivity index (χ0n) is 30.8. The van der Waals surface area contributed by atoms with Crippen LogP contribution in [-0.4, -0.2) is 59.6 Å². The van der Waals surface area contributed by atoms with Gasteiger partial charge in [-0.25, -0.2) is 0 Å². The Morgan fingerprint density at radius 2 is 0.962 bits per heavy atom. The van der Waals surface area contributed by atoms with E-state index in [-0.39, 0.29) is 42.1 Å². The van der Waals surface area contributed by atoms with Gasteiger partial charge in [-0.3, -0.25) is 29.0 Å². The van der Waals surface area contributed by atoms with Gasteiger partial charge in [0, 0.05) is 40.9 Å². The van der Waals surface area contributed by atoms with Crippen molar-refractivity contribution in [2.75, 3.05) is 31.1 Å². The monoisotopic (exact) mass is 821 g/mol. The molecule has 0 saturated heterocycles. The van der Waals surface area contributed by atoms with E-state index in [1.54, 1.807) is 48.5 Å². The SMILES string of the molecule is CCCCCCC1(CCCCCC)c2cc(I)ccc2-c2ccc(N(CCN3C(=O)c4ccccc4C3=O)CCN3C(=O)c4ccccc4C3=O)cc21. The number of carbonyl (C=O) groups excluding carboxylic acids is 4. The molecule has 3 aliphatic rings. The number of nitrogens with zero attached hydrogens (tertiary/aromatic N) is 3.